The Labute approximate surface area is 143 Å². The fraction of sp³-hybridized carbons (Fsp3) is 0.0526. The number of fused-ring (bicyclic) bond motifs is 1. The first-order valence-corrected chi connectivity index (χ1v) is 7.54. The average molecular weight is 338 g/mol. The lowest BCUT2D eigenvalue weighted by Crippen LogP contribution is -2.21. The topological polar surface area (TPSA) is 81.4 Å². The molecular weight excluding hydrogens is 323 g/mol. The third-order valence-electron chi connectivity index (χ3n) is 3.60. The van der Waals surface area contributed by atoms with Crippen LogP contribution < -0.4 is 11.1 Å². The molecule has 0 radical (unpaired) electrons. The Morgan fingerprint density at radius 3 is 2.52 bits per heavy atom. The fourth-order valence-electron chi connectivity index (χ4n) is 2.39. The lowest BCUT2D eigenvalue weighted by Gasteiger charge is -2.09. The summed E-state index contributed by atoms with van der Waals surface area (Å²) in [5, 5.41) is 4.69. The summed E-state index contributed by atoms with van der Waals surface area (Å²) in [6, 6.07) is 16.5. The number of hydrogen-bond acceptors (Lipinski definition) is 4. The Bertz CT molecular complexity index is 956. The van der Waals surface area contributed by atoms with Crippen molar-refractivity contribution in [1.29, 1.82) is 0 Å². The van der Waals surface area contributed by atoms with Gasteiger partial charge in [0.15, 0.2) is 6.61 Å². The van der Waals surface area contributed by atoms with Gasteiger partial charge in [0.1, 0.15) is 5.82 Å². The molecule has 0 spiro atoms. The molecule has 3 aromatic rings. The number of rotatable bonds is 4. The zero-order valence-electron chi connectivity index (χ0n) is 13.2. The Hall–Kier alpha value is -3.41. The first-order chi connectivity index (χ1) is 12.0. The third-order valence-corrected chi connectivity index (χ3v) is 3.60. The number of nitrogens with one attached hydrogen (secondary N) is 1. The van der Waals surface area contributed by atoms with Gasteiger partial charge in [-0.15, -0.1) is 0 Å². The molecule has 126 valence electrons. The van der Waals surface area contributed by atoms with E-state index in [1.807, 2.05) is 36.4 Å². The smallest absolute Gasteiger partial charge is 0.340 e. The van der Waals surface area contributed by atoms with Crippen LogP contribution in [0.2, 0.25) is 0 Å². The molecule has 3 rings (SSSR count). The highest BCUT2D eigenvalue weighted by molar-refractivity contribution is 5.99. The van der Waals surface area contributed by atoms with Gasteiger partial charge in [-0.2, -0.15) is 0 Å². The standard InChI is InChI=1S/C19H15FN2O3/c20-14-6-8-16(17(21)10-14)19(24)25-11-18(23)22-15-7-5-12-3-1-2-4-13(12)9-15/h1-10H,11,21H2,(H,22,23). The third kappa shape index (κ3) is 3.92. The zero-order valence-corrected chi connectivity index (χ0v) is 13.2. The van der Waals surface area contributed by atoms with Crippen molar-refractivity contribution in [2.45, 2.75) is 0 Å². The van der Waals surface area contributed by atoms with E-state index >= 15 is 0 Å². The second kappa shape index (κ2) is 7.00. The number of hydrogen-bond donors (Lipinski definition) is 2. The van der Waals surface area contributed by atoms with Crippen LogP contribution in [0.3, 0.4) is 0 Å². The van der Waals surface area contributed by atoms with Gasteiger partial charge in [-0.1, -0.05) is 30.3 Å². The molecule has 25 heavy (non-hydrogen) atoms. The molecule has 0 aliphatic carbocycles. The molecule has 0 heterocycles. The molecule has 0 aliphatic heterocycles. The Kier molecular flexibility index (Phi) is 4.61. The number of carbonyl (C=O) groups excluding carboxylic acids is 2. The molecule has 0 aliphatic rings. The van der Waals surface area contributed by atoms with Gasteiger partial charge in [0, 0.05) is 11.4 Å². The quantitative estimate of drug-likeness (QED) is 0.564. The lowest BCUT2D eigenvalue weighted by molar-refractivity contribution is -0.119. The molecule has 3 N–H and O–H groups in total. The van der Waals surface area contributed by atoms with Crippen LogP contribution in [-0.2, 0) is 9.53 Å². The summed E-state index contributed by atoms with van der Waals surface area (Å²) >= 11 is 0. The van der Waals surface area contributed by atoms with Gasteiger partial charge in [0.25, 0.3) is 5.91 Å². The molecule has 0 fully saturated rings. The SMILES string of the molecule is Nc1cc(F)ccc1C(=O)OCC(=O)Nc1ccc2ccccc2c1. The number of benzene rings is 3. The highest BCUT2D eigenvalue weighted by Gasteiger charge is 2.14. The second-order valence-corrected chi connectivity index (χ2v) is 5.42. The predicted molar refractivity (Wildman–Crippen MR) is 93.7 cm³/mol. The molecule has 6 heteroatoms. The van der Waals surface area contributed by atoms with Crippen LogP contribution in [0.25, 0.3) is 10.8 Å². The van der Waals surface area contributed by atoms with E-state index in [1.165, 1.54) is 6.07 Å². The van der Waals surface area contributed by atoms with Crippen molar-refractivity contribution in [3.63, 3.8) is 0 Å². The molecule has 0 unspecified atom stereocenters. The van der Waals surface area contributed by atoms with E-state index < -0.39 is 24.3 Å². The number of nitrogen functional groups attached to an aromatic ring is 1. The van der Waals surface area contributed by atoms with E-state index in [1.54, 1.807) is 6.07 Å². The molecule has 1 amide bonds. The summed E-state index contributed by atoms with van der Waals surface area (Å²) in [6.45, 7) is -0.470. The number of esters is 1. The van der Waals surface area contributed by atoms with Crippen LogP contribution in [-0.4, -0.2) is 18.5 Å². The van der Waals surface area contributed by atoms with Crippen molar-refractivity contribution in [3.8, 4) is 0 Å². The highest BCUT2D eigenvalue weighted by atomic mass is 19.1. The first-order valence-electron chi connectivity index (χ1n) is 7.54. The van der Waals surface area contributed by atoms with Crippen molar-refractivity contribution in [3.05, 3.63) is 72.0 Å². The van der Waals surface area contributed by atoms with E-state index in [9.17, 15) is 14.0 Å². The summed E-state index contributed by atoms with van der Waals surface area (Å²) < 4.78 is 17.9. The van der Waals surface area contributed by atoms with E-state index in [-0.39, 0.29) is 11.3 Å². The van der Waals surface area contributed by atoms with Crippen molar-refractivity contribution >= 4 is 34.0 Å². The largest absolute Gasteiger partial charge is 0.452 e. The van der Waals surface area contributed by atoms with Gasteiger partial charge in [0.2, 0.25) is 0 Å². The maximum atomic E-state index is 13.0. The van der Waals surface area contributed by atoms with Gasteiger partial charge >= 0.3 is 5.97 Å². The minimum absolute atomic E-state index is 0.0138. The van der Waals surface area contributed by atoms with Gasteiger partial charge in [-0.05, 0) is 41.1 Å². The van der Waals surface area contributed by atoms with Crippen LogP contribution >= 0.6 is 0 Å². The normalized spacial score (nSPS) is 10.4. The molecule has 0 saturated carbocycles. The van der Waals surface area contributed by atoms with Crippen molar-refractivity contribution in [2.24, 2.45) is 0 Å². The summed E-state index contributed by atoms with van der Waals surface area (Å²) in [5.74, 6) is -1.82. The van der Waals surface area contributed by atoms with E-state index in [0.29, 0.717) is 5.69 Å². The summed E-state index contributed by atoms with van der Waals surface area (Å²) in [4.78, 5) is 23.8. The molecule has 0 bridgehead atoms. The molecular formula is C19H15FN2O3. The summed E-state index contributed by atoms with van der Waals surface area (Å²) in [7, 11) is 0. The maximum Gasteiger partial charge on any atom is 0.340 e. The molecule has 0 saturated heterocycles. The summed E-state index contributed by atoms with van der Waals surface area (Å²) in [6.07, 6.45) is 0. The van der Waals surface area contributed by atoms with Crippen LogP contribution in [0.1, 0.15) is 10.4 Å². The van der Waals surface area contributed by atoms with Gasteiger partial charge in [-0.25, -0.2) is 9.18 Å². The molecule has 0 atom stereocenters. The minimum Gasteiger partial charge on any atom is -0.452 e. The number of anilines is 2. The van der Waals surface area contributed by atoms with Crippen molar-refractivity contribution < 1.29 is 18.7 Å². The average Bonchev–Trinajstić information content (AvgIpc) is 2.59. The lowest BCUT2D eigenvalue weighted by atomic mass is 10.1. The first kappa shape index (κ1) is 16.4. The molecule has 5 nitrogen and oxygen atoms in total. The van der Waals surface area contributed by atoms with Crippen LogP contribution in [0.5, 0.6) is 0 Å². The van der Waals surface area contributed by atoms with Crippen LogP contribution in [0.15, 0.2) is 60.7 Å². The number of nitrogens with two attached hydrogens (primary N) is 1. The van der Waals surface area contributed by atoms with Crippen molar-refractivity contribution in [2.75, 3.05) is 17.7 Å². The number of halogens is 1. The second-order valence-electron chi connectivity index (χ2n) is 5.42. The zero-order chi connectivity index (χ0) is 17.8. The Morgan fingerprint density at radius 1 is 1.00 bits per heavy atom. The number of amides is 1. The highest BCUT2D eigenvalue weighted by Crippen LogP contribution is 2.19. The fourth-order valence-corrected chi connectivity index (χ4v) is 2.39. The number of ether oxygens (including phenoxy) is 1. The maximum absolute atomic E-state index is 13.0. The Morgan fingerprint density at radius 2 is 1.76 bits per heavy atom. The van der Waals surface area contributed by atoms with E-state index in [4.69, 9.17) is 10.5 Å². The van der Waals surface area contributed by atoms with Gasteiger partial charge < -0.3 is 15.8 Å². The molecule has 3 aromatic carbocycles. The predicted octanol–water partition coefficient (Wildman–Crippen LogP) is 3.36. The van der Waals surface area contributed by atoms with Crippen molar-refractivity contribution in [1.82, 2.24) is 0 Å². The Balaban J connectivity index is 1.61. The van der Waals surface area contributed by atoms with Crippen LogP contribution in [0.4, 0.5) is 15.8 Å². The molecule has 0 aromatic heterocycles. The monoisotopic (exact) mass is 338 g/mol. The van der Waals surface area contributed by atoms with Gasteiger partial charge in [-0.3, -0.25) is 4.79 Å². The summed E-state index contributed by atoms with van der Waals surface area (Å²) in [5.41, 5.74) is 6.13. The minimum atomic E-state index is -0.786. The van der Waals surface area contributed by atoms with E-state index in [0.717, 1.165) is 22.9 Å². The van der Waals surface area contributed by atoms with Gasteiger partial charge in [0.05, 0.1) is 5.56 Å². The number of carbonyl (C=O) groups is 2. The van der Waals surface area contributed by atoms with Crippen LogP contribution in [0, 0.1) is 5.82 Å². The van der Waals surface area contributed by atoms with E-state index in [2.05, 4.69) is 5.32 Å².